The number of likely N-dealkylation sites (tertiary alicyclic amines) is 1. The molecule has 2 aromatic rings. The molecule has 6 nitrogen and oxygen atoms in total. The van der Waals surface area contributed by atoms with Crippen LogP contribution in [0.5, 0.6) is 11.5 Å². The van der Waals surface area contributed by atoms with Gasteiger partial charge in [-0.2, -0.15) is 0 Å². The molecule has 0 bridgehead atoms. The van der Waals surface area contributed by atoms with Gasteiger partial charge in [0, 0.05) is 24.7 Å². The Kier molecular flexibility index (Phi) is 6.87. The van der Waals surface area contributed by atoms with Gasteiger partial charge in [0.05, 0.1) is 30.8 Å². The summed E-state index contributed by atoms with van der Waals surface area (Å²) < 4.78 is 10.5. The first-order valence-electron chi connectivity index (χ1n) is 9.92. The van der Waals surface area contributed by atoms with Gasteiger partial charge in [-0.15, -0.1) is 0 Å². The van der Waals surface area contributed by atoms with E-state index in [4.69, 9.17) is 21.1 Å². The Hall–Kier alpha value is -2.73. The molecule has 1 heterocycles. The average Bonchev–Trinajstić information content (AvgIpc) is 2.72. The zero-order valence-electron chi connectivity index (χ0n) is 17.8. The molecule has 1 N–H and O–H groups in total. The van der Waals surface area contributed by atoms with E-state index >= 15 is 0 Å². The Morgan fingerprint density at radius 2 is 1.70 bits per heavy atom. The largest absolute Gasteiger partial charge is 0.495 e. The molecule has 30 heavy (non-hydrogen) atoms. The van der Waals surface area contributed by atoms with E-state index in [1.807, 2.05) is 32.0 Å². The van der Waals surface area contributed by atoms with Crippen molar-refractivity contribution in [3.8, 4) is 11.5 Å². The number of piperidine rings is 1. The van der Waals surface area contributed by atoms with Gasteiger partial charge in [-0.05, 0) is 44.9 Å². The van der Waals surface area contributed by atoms with Gasteiger partial charge in [-0.25, -0.2) is 0 Å². The molecule has 0 radical (unpaired) electrons. The van der Waals surface area contributed by atoms with Crippen molar-refractivity contribution in [1.82, 2.24) is 4.90 Å². The molecule has 7 heteroatoms. The number of benzene rings is 2. The zero-order chi connectivity index (χ0) is 21.8. The van der Waals surface area contributed by atoms with Crippen molar-refractivity contribution < 1.29 is 19.1 Å². The number of ether oxygens (including phenoxy) is 2. The normalized spacial score (nSPS) is 16.2. The number of anilines is 1. The fraction of sp³-hybridized carbons (Fsp3) is 0.391. The fourth-order valence-electron chi connectivity index (χ4n) is 3.85. The number of methoxy groups -OCH3 is 2. The molecule has 3 rings (SSSR count). The molecule has 1 aliphatic heterocycles. The Morgan fingerprint density at radius 3 is 2.33 bits per heavy atom. The van der Waals surface area contributed by atoms with Gasteiger partial charge < -0.3 is 19.7 Å². The molecule has 1 aliphatic rings. The molecule has 2 amide bonds. The summed E-state index contributed by atoms with van der Waals surface area (Å²) in [7, 11) is 3.03. The molecule has 2 aromatic carbocycles. The first kappa shape index (κ1) is 22.0. The molecule has 0 saturated carbocycles. The lowest BCUT2D eigenvalue weighted by atomic mass is 9.96. The molecule has 160 valence electrons. The zero-order valence-corrected chi connectivity index (χ0v) is 18.5. The van der Waals surface area contributed by atoms with E-state index in [2.05, 4.69) is 5.32 Å². The summed E-state index contributed by atoms with van der Waals surface area (Å²) in [4.78, 5) is 27.7. The lowest BCUT2D eigenvalue weighted by molar-refractivity contribution is -0.121. The minimum Gasteiger partial charge on any atom is -0.495 e. The van der Waals surface area contributed by atoms with Crippen LogP contribution in [0.3, 0.4) is 0 Å². The van der Waals surface area contributed by atoms with E-state index in [0.717, 1.165) is 17.5 Å². The molecule has 0 spiro atoms. The van der Waals surface area contributed by atoms with Crippen LogP contribution in [0.1, 0.15) is 34.3 Å². The summed E-state index contributed by atoms with van der Waals surface area (Å²) >= 11 is 6.20. The Morgan fingerprint density at radius 1 is 1.03 bits per heavy atom. The van der Waals surface area contributed by atoms with Crippen LogP contribution in [-0.4, -0.2) is 44.0 Å². The third-order valence-corrected chi connectivity index (χ3v) is 5.58. The lowest BCUT2D eigenvalue weighted by Gasteiger charge is -2.32. The molecule has 1 atom stereocenters. The number of hydrogen-bond donors (Lipinski definition) is 1. The van der Waals surface area contributed by atoms with Gasteiger partial charge in [0.25, 0.3) is 5.91 Å². The number of halogens is 1. The second kappa shape index (κ2) is 9.39. The van der Waals surface area contributed by atoms with Crippen LogP contribution in [0.25, 0.3) is 0 Å². The van der Waals surface area contributed by atoms with Crippen molar-refractivity contribution in [2.75, 3.05) is 32.6 Å². The predicted octanol–water partition coefficient (Wildman–Crippen LogP) is 4.46. The van der Waals surface area contributed by atoms with Crippen LogP contribution >= 0.6 is 11.6 Å². The third-order valence-electron chi connectivity index (χ3n) is 5.28. The van der Waals surface area contributed by atoms with Crippen LogP contribution in [0, 0.1) is 19.8 Å². The molecular weight excluding hydrogens is 404 g/mol. The minimum atomic E-state index is -0.306. The maximum Gasteiger partial charge on any atom is 0.253 e. The Balaban J connectivity index is 1.73. The fourth-order valence-corrected chi connectivity index (χ4v) is 4.09. The highest BCUT2D eigenvalue weighted by molar-refractivity contribution is 6.32. The maximum atomic E-state index is 13.0. The van der Waals surface area contributed by atoms with E-state index in [1.165, 1.54) is 14.2 Å². The summed E-state index contributed by atoms with van der Waals surface area (Å²) in [6, 6.07) is 9.07. The van der Waals surface area contributed by atoms with Crippen LogP contribution in [0.4, 0.5) is 5.69 Å². The number of nitrogens with one attached hydrogen (secondary N) is 1. The third kappa shape index (κ3) is 4.87. The topological polar surface area (TPSA) is 67.9 Å². The van der Waals surface area contributed by atoms with Crippen molar-refractivity contribution in [3.63, 3.8) is 0 Å². The van der Waals surface area contributed by atoms with Gasteiger partial charge in [0.1, 0.15) is 11.5 Å². The molecule has 1 unspecified atom stereocenters. The van der Waals surface area contributed by atoms with E-state index in [1.54, 1.807) is 17.0 Å². The molecule has 1 saturated heterocycles. The summed E-state index contributed by atoms with van der Waals surface area (Å²) in [6.45, 7) is 4.98. The quantitative estimate of drug-likeness (QED) is 0.760. The first-order chi connectivity index (χ1) is 14.3. The highest BCUT2D eigenvalue weighted by atomic mass is 35.5. The SMILES string of the molecule is COc1cc(OC)c(NC(=O)C2CCCN(C(=O)c3cc(C)cc(C)c3)C2)cc1Cl. The van der Waals surface area contributed by atoms with Crippen LogP contribution in [0.2, 0.25) is 5.02 Å². The Bertz CT molecular complexity index is 940. The molecule has 0 aromatic heterocycles. The standard InChI is InChI=1S/C23H27ClN2O4/c1-14-8-15(2)10-17(9-14)23(28)26-7-5-6-16(13-26)22(27)25-19-11-18(24)20(29-3)12-21(19)30-4/h8-12,16H,5-7,13H2,1-4H3,(H,25,27). The number of amides is 2. The van der Waals surface area contributed by atoms with Gasteiger partial charge >= 0.3 is 0 Å². The number of carbonyl (C=O) groups is 2. The second-order valence-electron chi connectivity index (χ2n) is 7.64. The smallest absolute Gasteiger partial charge is 0.253 e. The number of nitrogens with zero attached hydrogens (tertiary/aromatic N) is 1. The summed E-state index contributed by atoms with van der Waals surface area (Å²) in [5.74, 6) is 0.425. The van der Waals surface area contributed by atoms with E-state index in [-0.39, 0.29) is 17.7 Å². The number of carbonyl (C=O) groups excluding carboxylic acids is 2. The van der Waals surface area contributed by atoms with Crippen molar-refractivity contribution in [1.29, 1.82) is 0 Å². The Labute approximate surface area is 182 Å². The molecule has 1 fully saturated rings. The average molecular weight is 431 g/mol. The van der Waals surface area contributed by atoms with Gasteiger partial charge in [0.15, 0.2) is 0 Å². The van der Waals surface area contributed by atoms with Crippen molar-refractivity contribution in [2.45, 2.75) is 26.7 Å². The van der Waals surface area contributed by atoms with Gasteiger partial charge in [-0.3, -0.25) is 9.59 Å². The summed E-state index contributed by atoms with van der Waals surface area (Å²) in [6.07, 6.45) is 1.49. The number of aryl methyl sites for hydroxylation is 2. The molecule has 0 aliphatic carbocycles. The van der Waals surface area contributed by atoms with Crippen LogP contribution in [0.15, 0.2) is 30.3 Å². The van der Waals surface area contributed by atoms with Crippen molar-refractivity contribution in [3.05, 3.63) is 52.0 Å². The van der Waals surface area contributed by atoms with E-state index in [0.29, 0.717) is 47.3 Å². The monoisotopic (exact) mass is 430 g/mol. The van der Waals surface area contributed by atoms with Gasteiger partial charge in [-0.1, -0.05) is 28.8 Å². The summed E-state index contributed by atoms with van der Waals surface area (Å²) in [5.41, 5.74) is 3.24. The van der Waals surface area contributed by atoms with Crippen molar-refractivity contribution >= 4 is 29.1 Å². The van der Waals surface area contributed by atoms with Crippen molar-refractivity contribution in [2.24, 2.45) is 5.92 Å². The second-order valence-corrected chi connectivity index (χ2v) is 8.05. The number of rotatable bonds is 5. The van der Waals surface area contributed by atoms with Crippen LogP contribution in [-0.2, 0) is 4.79 Å². The predicted molar refractivity (Wildman–Crippen MR) is 118 cm³/mol. The highest BCUT2D eigenvalue weighted by Gasteiger charge is 2.29. The highest BCUT2D eigenvalue weighted by Crippen LogP contribution is 2.36. The first-order valence-corrected chi connectivity index (χ1v) is 10.3. The van der Waals surface area contributed by atoms with E-state index < -0.39 is 0 Å². The number of hydrogen-bond acceptors (Lipinski definition) is 4. The molecular formula is C23H27ClN2O4. The minimum absolute atomic E-state index is 0.0376. The maximum absolute atomic E-state index is 13.0. The van der Waals surface area contributed by atoms with E-state index in [9.17, 15) is 9.59 Å². The van der Waals surface area contributed by atoms with Crippen LogP contribution < -0.4 is 14.8 Å². The summed E-state index contributed by atoms with van der Waals surface area (Å²) in [5, 5.41) is 3.28. The van der Waals surface area contributed by atoms with Gasteiger partial charge in [0.2, 0.25) is 5.91 Å². The lowest BCUT2D eigenvalue weighted by Crippen LogP contribution is -2.43.